The monoisotopic (exact) mass is 296 g/mol. The van der Waals surface area contributed by atoms with Crippen molar-refractivity contribution in [2.75, 3.05) is 0 Å². The molecule has 109 valence electrons. The predicted octanol–water partition coefficient (Wildman–Crippen LogP) is 4.33. The summed E-state index contributed by atoms with van der Waals surface area (Å²) in [5, 5.41) is 3.46. The molecule has 6 heteroatoms. The minimum atomic E-state index is -2.54. The van der Waals surface area contributed by atoms with Gasteiger partial charge in [0, 0.05) is 16.7 Å². The zero-order chi connectivity index (χ0) is 15.2. The third-order valence-corrected chi connectivity index (χ3v) is 2.63. The molecule has 0 saturated carbocycles. The van der Waals surface area contributed by atoms with E-state index >= 15 is 0 Å². The molecule has 0 N–H and O–H groups in total. The Morgan fingerprint density at radius 3 is 2.43 bits per heavy atom. The number of benzene rings is 2. The van der Waals surface area contributed by atoms with Gasteiger partial charge in [0.2, 0.25) is 0 Å². The van der Waals surface area contributed by atoms with E-state index in [9.17, 15) is 17.6 Å². The third kappa shape index (κ3) is 4.30. The van der Waals surface area contributed by atoms with Crippen LogP contribution in [-0.4, -0.2) is 6.21 Å². The predicted molar refractivity (Wildman–Crippen MR) is 69.1 cm³/mol. The van der Waals surface area contributed by atoms with Gasteiger partial charge in [0.25, 0.3) is 6.43 Å². The van der Waals surface area contributed by atoms with Crippen LogP contribution in [0.25, 0.3) is 0 Å². The van der Waals surface area contributed by atoms with Gasteiger partial charge in [-0.3, -0.25) is 0 Å². The van der Waals surface area contributed by atoms with Gasteiger partial charge in [0.1, 0.15) is 24.5 Å². The Kier molecular flexibility index (Phi) is 4.92. The first-order chi connectivity index (χ1) is 10.1. The van der Waals surface area contributed by atoms with Crippen LogP contribution in [0.15, 0.2) is 47.6 Å². The summed E-state index contributed by atoms with van der Waals surface area (Å²) in [7, 11) is 0. The highest BCUT2D eigenvalue weighted by Crippen LogP contribution is 2.18. The van der Waals surface area contributed by atoms with Crippen LogP contribution >= 0.6 is 0 Å². The van der Waals surface area contributed by atoms with Crippen LogP contribution in [0.4, 0.5) is 17.6 Å². The van der Waals surface area contributed by atoms with E-state index in [-0.39, 0.29) is 17.7 Å². The van der Waals surface area contributed by atoms with E-state index in [1.54, 1.807) is 0 Å². The first kappa shape index (κ1) is 15.0. The average Bonchev–Trinajstić information content (AvgIpc) is 2.47. The zero-order valence-electron chi connectivity index (χ0n) is 10.7. The van der Waals surface area contributed by atoms with Crippen molar-refractivity contribution in [2.45, 2.75) is 13.0 Å². The quantitative estimate of drug-likeness (QED) is 0.457. The highest BCUT2D eigenvalue weighted by atomic mass is 19.3. The maximum Gasteiger partial charge on any atom is 0.263 e. The lowest BCUT2D eigenvalue weighted by atomic mass is 10.1. The molecule has 0 saturated heterocycles. The number of rotatable bonds is 5. The lowest BCUT2D eigenvalue weighted by Gasteiger charge is -2.02. The van der Waals surface area contributed by atoms with Crippen molar-refractivity contribution >= 4 is 6.21 Å². The van der Waals surface area contributed by atoms with Gasteiger partial charge in [-0.2, -0.15) is 0 Å². The highest BCUT2D eigenvalue weighted by molar-refractivity contribution is 5.79. The molecule has 2 aromatic rings. The molecule has 1 radical (unpaired) electrons. The van der Waals surface area contributed by atoms with Crippen LogP contribution in [0.1, 0.15) is 23.1 Å². The number of nitrogens with zero attached hydrogens (tertiary/aromatic N) is 1. The van der Waals surface area contributed by atoms with Crippen LogP contribution in [0.5, 0.6) is 0 Å². The molecule has 2 nitrogen and oxygen atoms in total. The molecule has 0 fully saturated rings. The summed E-state index contributed by atoms with van der Waals surface area (Å²) >= 11 is 0. The summed E-state index contributed by atoms with van der Waals surface area (Å²) in [6, 6.07) is 8.28. The van der Waals surface area contributed by atoms with Gasteiger partial charge in [-0.25, -0.2) is 17.6 Å². The van der Waals surface area contributed by atoms with Crippen LogP contribution in [0.3, 0.4) is 0 Å². The van der Waals surface area contributed by atoms with E-state index in [1.165, 1.54) is 24.3 Å². The molecule has 0 spiro atoms. The molecule has 0 atom stereocenters. The number of halogens is 4. The number of hydrogen-bond donors (Lipinski definition) is 0. The Bertz CT molecular complexity index is 626. The highest BCUT2D eigenvalue weighted by Gasteiger charge is 2.06. The molecule has 21 heavy (non-hydrogen) atoms. The van der Waals surface area contributed by atoms with Crippen molar-refractivity contribution in [3.8, 4) is 0 Å². The molecule has 0 aliphatic heterocycles. The third-order valence-electron chi connectivity index (χ3n) is 2.63. The normalized spacial score (nSPS) is 11.3. The van der Waals surface area contributed by atoms with Crippen molar-refractivity contribution in [3.63, 3.8) is 0 Å². The first-order valence-electron chi connectivity index (χ1n) is 5.96. The van der Waals surface area contributed by atoms with E-state index < -0.39 is 18.1 Å². The van der Waals surface area contributed by atoms with E-state index in [2.05, 4.69) is 11.4 Å². The second kappa shape index (κ2) is 6.88. The van der Waals surface area contributed by atoms with E-state index in [0.29, 0.717) is 5.56 Å². The largest absolute Gasteiger partial charge is 0.390 e. The van der Waals surface area contributed by atoms with Crippen molar-refractivity contribution < 1.29 is 22.4 Å². The van der Waals surface area contributed by atoms with Gasteiger partial charge in [-0.1, -0.05) is 29.4 Å². The van der Waals surface area contributed by atoms with Gasteiger partial charge in [0.05, 0.1) is 0 Å². The number of alkyl halides is 2. The van der Waals surface area contributed by atoms with E-state index in [4.69, 9.17) is 4.84 Å². The molecule has 2 rings (SSSR count). The summed E-state index contributed by atoms with van der Waals surface area (Å²) in [6.07, 6.45) is -0.0819. The van der Waals surface area contributed by atoms with Crippen molar-refractivity contribution in [3.05, 3.63) is 70.8 Å². The van der Waals surface area contributed by atoms with Gasteiger partial charge >= 0.3 is 0 Å². The van der Waals surface area contributed by atoms with Gasteiger partial charge in [0.15, 0.2) is 0 Å². The molecular weight excluding hydrogens is 286 g/mol. The molecule has 0 unspecified atom stereocenters. The fourth-order valence-electron chi connectivity index (χ4n) is 1.54. The fraction of sp³-hybridized carbons (Fsp3) is 0.133. The Labute approximate surface area is 118 Å². The second-order valence-corrected chi connectivity index (χ2v) is 4.13. The van der Waals surface area contributed by atoms with Gasteiger partial charge in [-0.15, -0.1) is 0 Å². The summed E-state index contributed by atoms with van der Waals surface area (Å²) in [5.41, 5.74) is 0.344. The van der Waals surface area contributed by atoms with Crippen LogP contribution < -0.4 is 0 Å². The molecule has 0 aliphatic carbocycles. The average molecular weight is 296 g/mol. The maximum atomic E-state index is 13.3. The van der Waals surface area contributed by atoms with Crippen molar-refractivity contribution in [1.29, 1.82) is 0 Å². The standard InChI is InChI=1S/C15H10F4NO/c16-13-5-6-14(17)12(7-13)9-21-20-8-10-1-3-11(4-2-10)15(18)19/h1-7,15H,9H2. The molecule has 0 aliphatic rings. The molecule has 0 bridgehead atoms. The molecule has 0 amide bonds. The molecule has 0 heterocycles. The zero-order valence-corrected chi connectivity index (χ0v) is 10.7. The van der Waals surface area contributed by atoms with E-state index in [0.717, 1.165) is 18.2 Å². The summed E-state index contributed by atoms with van der Waals surface area (Å²) in [5.74, 6) is -1.18. The lowest BCUT2D eigenvalue weighted by molar-refractivity contribution is 0.129. The fourth-order valence-corrected chi connectivity index (χ4v) is 1.54. The number of hydrogen-bond acceptors (Lipinski definition) is 2. The van der Waals surface area contributed by atoms with Gasteiger partial charge in [-0.05, 0) is 18.2 Å². The van der Waals surface area contributed by atoms with Crippen LogP contribution in [-0.2, 0) is 11.4 Å². The van der Waals surface area contributed by atoms with E-state index in [1.807, 2.05) is 0 Å². The summed E-state index contributed by atoms with van der Waals surface area (Å²) < 4.78 is 50.8. The second-order valence-electron chi connectivity index (χ2n) is 4.13. The summed E-state index contributed by atoms with van der Waals surface area (Å²) in [6.45, 7) is -0.258. The van der Waals surface area contributed by atoms with Crippen molar-refractivity contribution in [2.24, 2.45) is 5.16 Å². The Hall–Kier alpha value is -2.37. The van der Waals surface area contributed by atoms with Gasteiger partial charge < -0.3 is 4.84 Å². The van der Waals surface area contributed by atoms with Crippen LogP contribution in [0, 0.1) is 11.6 Å². The van der Waals surface area contributed by atoms with Crippen LogP contribution in [0.2, 0.25) is 0 Å². The lowest BCUT2D eigenvalue weighted by Crippen LogP contribution is -1.94. The smallest absolute Gasteiger partial charge is 0.263 e. The molecule has 2 aromatic carbocycles. The Balaban J connectivity index is 1.92. The maximum absolute atomic E-state index is 13.3. The Morgan fingerprint density at radius 2 is 1.76 bits per heavy atom. The minimum Gasteiger partial charge on any atom is -0.390 e. The SMILES string of the molecule is Fc1ccc(F)c(CO/N=[C]\c2ccc(C(F)F)cc2)c1. The van der Waals surface area contributed by atoms with Crippen molar-refractivity contribution in [1.82, 2.24) is 0 Å². The molecular formula is C15H10F4NO. The molecule has 0 aromatic heterocycles. The minimum absolute atomic E-state index is 0.0219. The first-order valence-corrected chi connectivity index (χ1v) is 5.96. The summed E-state index contributed by atoms with van der Waals surface area (Å²) in [4.78, 5) is 4.80. The Morgan fingerprint density at radius 1 is 1.05 bits per heavy atom. The topological polar surface area (TPSA) is 21.6 Å².